The molecule has 0 saturated carbocycles. The molecule has 3 fully saturated rings. The minimum atomic E-state index is -1.81. The highest BCUT2D eigenvalue weighted by atomic mass is 75.9. The number of carbonyl (C=O) groups excluding carboxylic acids is 1. The van der Waals surface area contributed by atoms with Gasteiger partial charge in [-0.05, 0) is 55.1 Å². The summed E-state index contributed by atoms with van der Waals surface area (Å²) < 4.78 is 6.78. The zero-order valence-electron chi connectivity index (χ0n) is 14.5. The number of rotatable bonds is 4. The van der Waals surface area contributed by atoms with Gasteiger partial charge in [0.15, 0.2) is 0 Å². The topological polar surface area (TPSA) is 49.8 Å². The van der Waals surface area contributed by atoms with Crippen LogP contribution in [0.5, 0.6) is 0 Å². The van der Waals surface area contributed by atoms with E-state index in [4.69, 9.17) is 4.74 Å². The van der Waals surface area contributed by atoms with Crippen molar-refractivity contribution in [1.82, 2.24) is 4.90 Å². The number of fused-ring (bicyclic) bond motifs is 3. The van der Waals surface area contributed by atoms with Crippen LogP contribution in [0, 0.1) is 5.92 Å². The number of nitrogens with zero attached hydrogens (tertiary/aromatic N) is 1. The number of ether oxygens (including phenoxy) is 1. The first-order valence-electron chi connectivity index (χ1n) is 9.05. The van der Waals surface area contributed by atoms with Crippen molar-refractivity contribution in [3.8, 4) is 0 Å². The highest BCUT2D eigenvalue weighted by molar-refractivity contribution is 9.10. The largest absolute Gasteiger partial charge is 0.458 e. The smallest absolute Gasteiger partial charge is 0.348 e. The number of aliphatic hydroxyl groups is 1. The van der Waals surface area contributed by atoms with E-state index in [1.54, 1.807) is 24.3 Å². The van der Waals surface area contributed by atoms with Crippen LogP contribution in [0.15, 0.2) is 59.1 Å². The predicted octanol–water partition coefficient (Wildman–Crippen LogP) is 3.32. The second kappa shape index (κ2) is 7.14. The van der Waals surface area contributed by atoms with Crippen molar-refractivity contribution in [3.05, 3.63) is 70.2 Å². The molecule has 2 aromatic rings. The summed E-state index contributed by atoms with van der Waals surface area (Å²) in [5.41, 5.74) is -0.777. The molecule has 1 N–H and O–H groups in total. The lowest BCUT2D eigenvalue weighted by molar-refractivity contribution is -0.177. The number of carbonyl (C=O) groups is 1. The van der Waals surface area contributed by atoms with Gasteiger partial charge in [-0.2, -0.15) is 0 Å². The van der Waals surface area contributed by atoms with Crippen LogP contribution >= 0.6 is 15.9 Å². The Hall–Kier alpha value is -1.69. The standard InChI is InChI=1S/C21H22BrNO3/c22-18-8-6-17(7-9-18)21(25,16-4-2-1-3-5-16)20(24)26-19-14-23-12-10-15(19)11-13-23/h1-9,15,19,25H,10-14H2/t19-,21+/m1/s1/i22-4. The van der Waals surface area contributed by atoms with Gasteiger partial charge in [0.05, 0.1) is 0 Å². The Kier molecular flexibility index (Phi) is 4.86. The lowest BCUT2D eigenvalue weighted by Crippen LogP contribution is -2.53. The summed E-state index contributed by atoms with van der Waals surface area (Å²) in [5, 5.41) is 11.5. The molecule has 0 aromatic heterocycles. The molecule has 136 valence electrons. The van der Waals surface area contributed by atoms with Gasteiger partial charge in [0.2, 0.25) is 5.60 Å². The van der Waals surface area contributed by atoms with Crippen LogP contribution in [0.1, 0.15) is 24.0 Å². The molecule has 0 spiro atoms. The van der Waals surface area contributed by atoms with E-state index >= 15 is 0 Å². The molecular weight excluding hydrogens is 390 g/mol. The first-order chi connectivity index (χ1) is 12.6. The summed E-state index contributed by atoms with van der Waals surface area (Å²) in [6.07, 6.45) is 1.97. The van der Waals surface area contributed by atoms with Crippen LogP contribution in [0.2, 0.25) is 0 Å². The summed E-state index contributed by atoms with van der Waals surface area (Å²) in [5.74, 6) is -0.196. The second-order valence-corrected chi connectivity index (χ2v) is 8.08. The number of benzene rings is 2. The van der Waals surface area contributed by atoms with E-state index in [9.17, 15) is 9.90 Å². The summed E-state index contributed by atoms with van der Waals surface area (Å²) >= 11 is 3.40. The van der Waals surface area contributed by atoms with Crippen molar-refractivity contribution >= 4 is 21.9 Å². The van der Waals surface area contributed by atoms with E-state index in [-0.39, 0.29) is 6.10 Å². The SMILES string of the molecule is O=C(O[C@@H]1CN2CCC1CC2)[C@](O)(c1ccccc1)c1ccc([76Br])cc1. The second-order valence-electron chi connectivity index (χ2n) is 7.17. The van der Waals surface area contributed by atoms with Crippen molar-refractivity contribution in [2.75, 3.05) is 19.6 Å². The van der Waals surface area contributed by atoms with Gasteiger partial charge in [-0.1, -0.05) is 58.4 Å². The molecule has 2 aromatic carbocycles. The van der Waals surface area contributed by atoms with Crippen LogP contribution in [0.3, 0.4) is 0 Å². The fourth-order valence-electron chi connectivity index (χ4n) is 4.04. The molecule has 3 aliphatic heterocycles. The molecule has 3 heterocycles. The molecule has 3 saturated heterocycles. The Bertz CT molecular complexity index is 772. The van der Waals surface area contributed by atoms with E-state index in [1.807, 2.05) is 30.3 Å². The summed E-state index contributed by atoms with van der Waals surface area (Å²) in [4.78, 5) is 15.5. The molecule has 0 amide bonds. The van der Waals surface area contributed by atoms with Crippen molar-refractivity contribution < 1.29 is 14.6 Å². The normalized spacial score (nSPS) is 26.9. The van der Waals surface area contributed by atoms with E-state index in [0.29, 0.717) is 17.0 Å². The van der Waals surface area contributed by atoms with Gasteiger partial charge in [-0.15, -0.1) is 0 Å². The van der Waals surface area contributed by atoms with Gasteiger partial charge in [0.25, 0.3) is 0 Å². The van der Waals surface area contributed by atoms with E-state index < -0.39 is 11.6 Å². The third-order valence-electron chi connectivity index (χ3n) is 5.60. The summed E-state index contributed by atoms with van der Waals surface area (Å²) in [6, 6.07) is 16.2. The Balaban J connectivity index is 1.66. The first kappa shape index (κ1) is 17.7. The summed E-state index contributed by atoms with van der Waals surface area (Å²) in [6.45, 7) is 2.92. The number of esters is 1. The highest BCUT2D eigenvalue weighted by Crippen LogP contribution is 2.35. The summed E-state index contributed by atoms with van der Waals surface area (Å²) in [7, 11) is 0. The molecule has 4 nitrogen and oxygen atoms in total. The van der Waals surface area contributed by atoms with E-state index in [2.05, 4.69) is 20.8 Å². The van der Waals surface area contributed by atoms with Crippen molar-refractivity contribution in [3.63, 3.8) is 0 Å². The van der Waals surface area contributed by atoms with Gasteiger partial charge in [-0.3, -0.25) is 4.90 Å². The zero-order chi connectivity index (χ0) is 18.1. The van der Waals surface area contributed by atoms with Crippen molar-refractivity contribution in [2.45, 2.75) is 24.5 Å². The Morgan fingerprint density at radius 2 is 1.65 bits per heavy atom. The maximum absolute atomic E-state index is 13.2. The third-order valence-corrected chi connectivity index (χ3v) is 6.13. The monoisotopic (exact) mass is 412 g/mol. The van der Waals surface area contributed by atoms with Gasteiger partial charge in [0.1, 0.15) is 6.10 Å². The fraction of sp³-hybridized carbons (Fsp3) is 0.381. The Morgan fingerprint density at radius 3 is 2.23 bits per heavy atom. The average Bonchev–Trinajstić information content (AvgIpc) is 2.69. The van der Waals surface area contributed by atoms with Crippen LogP contribution in [0.25, 0.3) is 0 Å². The maximum atomic E-state index is 13.2. The number of hydrogen-bond donors (Lipinski definition) is 1. The van der Waals surface area contributed by atoms with Gasteiger partial charge in [-0.25, -0.2) is 4.79 Å². The lowest BCUT2D eigenvalue weighted by atomic mass is 9.84. The van der Waals surface area contributed by atoms with Crippen molar-refractivity contribution in [1.29, 1.82) is 0 Å². The molecule has 0 unspecified atom stereocenters. The highest BCUT2D eigenvalue weighted by Gasteiger charge is 2.45. The maximum Gasteiger partial charge on any atom is 0.348 e. The van der Waals surface area contributed by atoms with Crippen LogP contribution < -0.4 is 0 Å². The minimum absolute atomic E-state index is 0.143. The molecule has 26 heavy (non-hydrogen) atoms. The van der Waals surface area contributed by atoms with Gasteiger partial charge >= 0.3 is 5.97 Å². The fourth-order valence-corrected chi connectivity index (χ4v) is 4.30. The molecular formula is C21H22BrNO3. The van der Waals surface area contributed by atoms with E-state index in [1.165, 1.54) is 0 Å². The minimum Gasteiger partial charge on any atom is -0.458 e. The molecule has 5 heteroatoms. The zero-order valence-corrected chi connectivity index (χ0v) is 16.1. The van der Waals surface area contributed by atoms with Crippen LogP contribution in [0.4, 0.5) is 0 Å². The van der Waals surface area contributed by atoms with Gasteiger partial charge in [0, 0.05) is 11.0 Å². The van der Waals surface area contributed by atoms with Crippen LogP contribution in [-0.2, 0) is 15.1 Å². The lowest BCUT2D eigenvalue weighted by Gasteiger charge is -2.44. The molecule has 2 atom stereocenters. The number of halogens is 1. The molecule has 0 aliphatic carbocycles. The molecule has 5 rings (SSSR count). The third kappa shape index (κ3) is 3.20. The Morgan fingerprint density at radius 1 is 1.04 bits per heavy atom. The first-order valence-corrected chi connectivity index (χ1v) is 9.84. The van der Waals surface area contributed by atoms with Crippen LogP contribution in [-0.4, -0.2) is 41.7 Å². The van der Waals surface area contributed by atoms with E-state index in [0.717, 1.165) is 36.9 Å². The number of hydrogen-bond acceptors (Lipinski definition) is 4. The predicted molar refractivity (Wildman–Crippen MR) is 103 cm³/mol. The molecule has 0 radical (unpaired) electrons. The van der Waals surface area contributed by atoms with Crippen molar-refractivity contribution in [2.24, 2.45) is 5.92 Å². The van der Waals surface area contributed by atoms with Gasteiger partial charge < -0.3 is 9.84 Å². The Labute approximate surface area is 161 Å². The molecule has 3 aliphatic rings. The molecule has 2 bridgehead atoms. The number of piperidine rings is 3. The average molecular weight is 412 g/mol. The quantitative estimate of drug-likeness (QED) is 0.783.